The third kappa shape index (κ3) is 1.69. The average Bonchev–Trinajstić information content (AvgIpc) is 3.22. The topological polar surface area (TPSA) is 28.7 Å². The van der Waals surface area contributed by atoms with Crippen molar-refractivity contribution in [3.8, 4) is 0 Å². The van der Waals surface area contributed by atoms with Gasteiger partial charge in [0.2, 0.25) is 0 Å². The summed E-state index contributed by atoms with van der Waals surface area (Å²) in [4.78, 5) is 9.08. The first-order chi connectivity index (χ1) is 8.92. The fourth-order valence-corrected chi connectivity index (χ4v) is 3.33. The Kier molecular flexibility index (Phi) is 2.31. The molecule has 3 nitrogen and oxygen atoms in total. The maximum atomic E-state index is 5.38. The molecule has 0 spiro atoms. The number of aromatic nitrogens is 1. The van der Waals surface area contributed by atoms with Gasteiger partial charge in [0.1, 0.15) is 0 Å². The minimum atomic E-state index is 0.377. The van der Waals surface area contributed by atoms with Crippen molar-refractivity contribution in [3.63, 3.8) is 0 Å². The number of hydrogen-bond acceptors (Lipinski definition) is 4. The molecule has 4 heteroatoms. The lowest BCUT2D eigenvalue weighted by molar-refractivity contribution is 0.411. The summed E-state index contributed by atoms with van der Waals surface area (Å²) < 4.78 is 5.38. The fourth-order valence-electron chi connectivity index (χ4n) is 2.26. The maximum absolute atomic E-state index is 5.38. The molecule has 0 saturated carbocycles. The summed E-state index contributed by atoms with van der Waals surface area (Å²) in [5, 5.41) is 0. The van der Waals surface area contributed by atoms with Crippen LogP contribution in [0.25, 0.3) is 0 Å². The third-order valence-corrected chi connectivity index (χ3v) is 4.32. The molecule has 4 rings (SSSR count). The number of rotatable bonds is 2. The van der Waals surface area contributed by atoms with Gasteiger partial charge in [-0.3, -0.25) is 4.98 Å². The van der Waals surface area contributed by atoms with Crippen molar-refractivity contribution in [2.24, 2.45) is 0 Å². The number of para-hydroxylation sites is 1. The van der Waals surface area contributed by atoms with Gasteiger partial charge in [-0.1, -0.05) is 23.9 Å². The number of nitrogens with zero attached hydrogens (tertiary/aromatic N) is 2. The van der Waals surface area contributed by atoms with Crippen LogP contribution >= 0.6 is 11.8 Å². The molecule has 1 atom stereocenters. The standard InChI is InChI=1S/C14H12N2OS/c1-2-4-13-11(3-1)16(8-10-9-17-10)12-5-6-15-7-14(12)18-13/h1-7,10H,8-9H2/t10-/m0/s1. The van der Waals surface area contributed by atoms with Crippen LogP contribution in [0, 0.1) is 0 Å². The quantitative estimate of drug-likeness (QED) is 0.772. The van der Waals surface area contributed by atoms with Crippen molar-refractivity contribution in [1.82, 2.24) is 4.98 Å². The van der Waals surface area contributed by atoms with Gasteiger partial charge in [-0.05, 0) is 18.2 Å². The van der Waals surface area contributed by atoms with Gasteiger partial charge < -0.3 is 9.64 Å². The third-order valence-electron chi connectivity index (χ3n) is 3.22. The summed E-state index contributed by atoms with van der Waals surface area (Å²) in [5.41, 5.74) is 2.51. The molecule has 0 N–H and O–H groups in total. The van der Waals surface area contributed by atoms with E-state index in [1.165, 1.54) is 21.2 Å². The second kappa shape index (κ2) is 4.00. The van der Waals surface area contributed by atoms with Gasteiger partial charge in [-0.2, -0.15) is 0 Å². The van der Waals surface area contributed by atoms with Crippen LogP contribution in [0.4, 0.5) is 11.4 Å². The summed E-state index contributed by atoms with van der Waals surface area (Å²) in [6.07, 6.45) is 4.17. The highest BCUT2D eigenvalue weighted by Crippen LogP contribution is 2.47. The van der Waals surface area contributed by atoms with E-state index in [0.29, 0.717) is 6.10 Å². The molecule has 1 fully saturated rings. The van der Waals surface area contributed by atoms with E-state index < -0.39 is 0 Å². The Bertz CT molecular complexity index is 552. The highest BCUT2D eigenvalue weighted by atomic mass is 32.2. The molecule has 1 aromatic carbocycles. The van der Waals surface area contributed by atoms with Gasteiger partial charge in [0, 0.05) is 17.3 Å². The predicted molar refractivity (Wildman–Crippen MR) is 71.5 cm³/mol. The van der Waals surface area contributed by atoms with Crippen molar-refractivity contribution in [2.45, 2.75) is 15.9 Å². The molecule has 0 aliphatic carbocycles. The zero-order valence-electron chi connectivity index (χ0n) is 9.74. The molecule has 0 amide bonds. The Labute approximate surface area is 110 Å². The van der Waals surface area contributed by atoms with Crippen molar-refractivity contribution in [2.75, 3.05) is 18.1 Å². The zero-order chi connectivity index (χ0) is 11.9. The summed E-state index contributed by atoms with van der Waals surface area (Å²) in [6.45, 7) is 1.81. The molecular formula is C14H12N2OS. The molecule has 1 aromatic heterocycles. The molecule has 18 heavy (non-hydrogen) atoms. The number of hydrogen-bond donors (Lipinski definition) is 0. The van der Waals surface area contributed by atoms with E-state index in [0.717, 1.165) is 13.2 Å². The minimum absolute atomic E-state index is 0.377. The number of fused-ring (bicyclic) bond motifs is 2. The Morgan fingerprint density at radius 1 is 1.22 bits per heavy atom. The van der Waals surface area contributed by atoms with Gasteiger partial charge in [-0.15, -0.1) is 0 Å². The Morgan fingerprint density at radius 2 is 2.06 bits per heavy atom. The van der Waals surface area contributed by atoms with Crippen molar-refractivity contribution in [1.29, 1.82) is 0 Å². The summed E-state index contributed by atoms with van der Waals surface area (Å²) in [5.74, 6) is 0. The lowest BCUT2D eigenvalue weighted by atomic mass is 10.2. The van der Waals surface area contributed by atoms with E-state index in [9.17, 15) is 0 Å². The summed E-state index contributed by atoms with van der Waals surface area (Å²) >= 11 is 1.79. The Balaban J connectivity index is 1.83. The first-order valence-electron chi connectivity index (χ1n) is 6.02. The van der Waals surface area contributed by atoms with E-state index in [-0.39, 0.29) is 0 Å². The molecule has 0 radical (unpaired) electrons. The van der Waals surface area contributed by atoms with Crippen LogP contribution in [-0.4, -0.2) is 24.2 Å². The minimum Gasteiger partial charge on any atom is -0.371 e. The summed E-state index contributed by atoms with van der Waals surface area (Å²) in [6, 6.07) is 10.6. The van der Waals surface area contributed by atoms with Gasteiger partial charge in [-0.25, -0.2) is 0 Å². The zero-order valence-corrected chi connectivity index (χ0v) is 10.6. The van der Waals surface area contributed by atoms with E-state index in [1.54, 1.807) is 11.8 Å². The van der Waals surface area contributed by atoms with E-state index >= 15 is 0 Å². The molecule has 2 aromatic rings. The first kappa shape index (κ1) is 10.4. The molecular weight excluding hydrogens is 244 g/mol. The average molecular weight is 256 g/mol. The van der Waals surface area contributed by atoms with Gasteiger partial charge >= 0.3 is 0 Å². The molecule has 0 bridgehead atoms. The van der Waals surface area contributed by atoms with E-state index in [2.05, 4.69) is 40.2 Å². The van der Waals surface area contributed by atoms with Gasteiger partial charge in [0.15, 0.2) is 0 Å². The Hall–Kier alpha value is -1.52. The molecule has 90 valence electrons. The molecule has 2 aliphatic rings. The molecule has 2 aliphatic heterocycles. The summed E-state index contributed by atoms with van der Waals surface area (Å²) in [7, 11) is 0. The lowest BCUT2D eigenvalue weighted by Gasteiger charge is -2.31. The lowest BCUT2D eigenvalue weighted by Crippen LogP contribution is -2.25. The smallest absolute Gasteiger partial charge is 0.0988 e. The maximum Gasteiger partial charge on any atom is 0.0988 e. The van der Waals surface area contributed by atoms with Crippen molar-refractivity contribution >= 4 is 23.1 Å². The van der Waals surface area contributed by atoms with Gasteiger partial charge in [0.05, 0.1) is 35.5 Å². The van der Waals surface area contributed by atoms with Crippen LogP contribution in [-0.2, 0) is 4.74 Å². The Morgan fingerprint density at radius 3 is 2.94 bits per heavy atom. The predicted octanol–water partition coefficient (Wildman–Crippen LogP) is 3.08. The van der Waals surface area contributed by atoms with Crippen LogP contribution in [0.2, 0.25) is 0 Å². The number of benzene rings is 1. The van der Waals surface area contributed by atoms with Crippen LogP contribution in [0.5, 0.6) is 0 Å². The highest BCUT2D eigenvalue weighted by molar-refractivity contribution is 7.99. The van der Waals surface area contributed by atoms with Crippen LogP contribution in [0.3, 0.4) is 0 Å². The molecule has 1 saturated heterocycles. The second-order valence-electron chi connectivity index (χ2n) is 4.48. The number of ether oxygens (including phenoxy) is 1. The monoisotopic (exact) mass is 256 g/mol. The van der Waals surface area contributed by atoms with Crippen LogP contribution in [0.15, 0.2) is 52.5 Å². The van der Waals surface area contributed by atoms with Crippen LogP contribution < -0.4 is 4.90 Å². The molecule has 3 heterocycles. The highest BCUT2D eigenvalue weighted by Gasteiger charge is 2.30. The van der Waals surface area contributed by atoms with Crippen LogP contribution in [0.1, 0.15) is 0 Å². The SMILES string of the molecule is c1ccc2c(c1)Sc1cnccc1N2C[C@H]1CO1. The van der Waals surface area contributed by atoms with Crippen molar-refractivity contribution in [3.05, 3.63) is 42.7 Å². The normalized spacial score (nSPS) is 20.2. The van der Waals surface area contributed by atoms with E-state index in [1.807, 2.05) is 12.4 Å². The largest absolute Gasteiger partial charge is 0.371 e. The first-order valence-corrected chi connectivity index (χ1v) is 6.83. The van der Waals surface area contributed by atoms with E-state index in [4.69, 9.17) is 4.74 Å². The number of epoxide rings is 1. The van der Waals surface area contributed by atoms with Gasteiger partial charge in [0.25, 0.3) is 0 Å². The van der Waals surface area contributed by atoms with Crippen molar-refractivity contribution < 1.29 is 4.74 Å². The number of pyridine rings is 1. The molecule has 0 unspecified atom stereocenters. The second-order valence-corrected chi connectivity index (χ2v) is 5.56. The fraction of sp³-hybridized carbons (Fsp3) is 0.214. The number of anilines is 2.